The van der Waals surface area contributed by atoms with E-state index in [0.717, 1.165) is 0 Å². The highest BCUT2D eigenvalue weighted by molar-refractivity contribution is 9.09. The van der Waals surface area contributed by atoms with E-state index < -0.39 is 6.04 Å². The maximum absolute atomic E-state index is 11.4. The summed E-state index contributed by atoms with van der Waals surface area (Å²) in [6, 6.07) is -0.398. The van der Waals surface area contributed by atoms with Gasteiger partial charge in [0.1, 0.15) is 6.04 Å². The number of hydrogen-bond acceptors (Lipinski definition) is 3. The van der Waals surface area contributed by atoms with Crippen molar-refractivity contribution in [1.29, 1.82) is 0 Å². The molecule has 1 fully saturated rings. The molecule has 1 atom stereocenters. The number of ether oxygens (including phenoxy) is 1. The van der Waals surface area contributed by atoms with E-state index in [9.17, 15) is 9.59 Å². The highest BCUT2D eigenvalue weighted by Crippen LogP contribution is 2.09. The molecule has 0 radical (unpaired) electrons. The number of Topliss-reactive ketones (excluding diaryl/α,β-unsaturated/α-hetero) is 1. The minimum atomic E-state index is -0.398. The molecule has 0 aliphatic carbocycles. The summed E-state index contributed by atoms with van der Waals surface area (Å²) < 4.78 is 5.15. The van der Waals surface area contributed by atoms with Crippen LogP contribution in [0, 0.1) is 0 Å². The summed E-state index contributed by atoms with van der Waals surface area (Å²) in [5.74, 6) is -0.0718. The van der Waals surface area contributed by atoms with Crippen molar-refractivity contribution in [2.75, 3.05) is 25.1 Å². The first-order valence-electron chi connectivity index (χ1n) is 4.10. The minimum Gasteiger partial charge on any atom is -0.377 e. The summed E-state index contributed by atoms with van der Waals surface area (Å²) in [6.07, 6.45) is 0. The second-order valence-corrected chi connectivity index (χ2v) is 3.46. The van der Waals surface area contributed by atoms with Crippen molar-refractivity contribution in [1.82, 2.24) is 4.90 Å². The number of nitrogens with zero attached hydrogens (tertiary/aromatic N) is 1. The average molecular weight is 250 g/mol. The standard InChI is InChI=1S/C8H12BrNO3/c1-6(11)10-2-3-13-5-7(10)8(12)4-9/h7H,2-5H2,1H3. The van der Waals surface area contributed by atoms with Crippen molar-refractivity contribution in [3.05, 3.63) is 0 Å². The highest BCUT2D eigenvalue weighted by atomic mass is 79.9. The topological polar surface area (TPSA) is 46.6 Å². The van der Waals surface area contributed by atoms with Gasteiger partial charge in [0.15, 0.2) is 5.78 Å². The molecule has 0 spiro atoms. The first-order valence-corrected chi connectivity index (χ1v) is 5.22. The lowest BCUT2D eigenvalue weighted by atomic mass is 10.1. The Morgan fingerprint density at radius 3 is 2.85 bits per heavy atom. The molecule has 1 unspecified atom stereocenters. The van der Waals surface area contributed by atoms with Gasteiger partial charge in [-0.05, 0) is 0 Å². The number of carbonyl (C=O) groups excluding carboxylic acids is 2. The summed E-state index contributed by atoms with van der Waals surface area (Å²) in [7, 11) is 0. The Bertz CT molecular complexity index is 219. The summed E-state index contributed by atoms with van der Waals surface area (Å²) in [5.41, 5.74) is 0. The zero-order valence-corrected chi connectivity index (χ0v) is 9.04. The van der Waals surface area contributed by atoms with E-state index >= 15 is 0 Å². The molecule has 0 saturated carbocycles. The third-order valence-corrected chi connectivity index (χ3v) is 2.59. The molecule has 0 aromatic rings. The molecular formula is C8H12BrNO3. The first-order chi connectivity index (χ1) is 6.16. The van der Waals surface area contributed by atoms with Crippen LogP contribution >= 0.6 is 15.9 Å². The second kappa shape index (κ2) is 4.72. The van der Waals surface area contributed by atoms with E-state index in [2.05, 4.69) is 15.9 Å². The zero-order chi connectivity index (χ0) is 9.84. The number of rotatable bonds is 2. The lowest BCUT2D eigenvalue weighted by Gasteiger charge is -2.33. The summed E-state index contributed by atoms with van der Waals surface area (Å²) in [6.45, 7) is 2.83. The molecule has 1 aliphatic rings. The van der Waals surface area contributed by atoms with Crippen molar-refractivity contribution in [3.63, 3.8) is 0 Å². The van der Waals surface area contributed by atoms with E-state index in [-0.39, 0.29) is 17.0 Å². The summed E-state index contributed by atoms with van der Waals surface area (Å²) in [4.78, 5) is 24.1. The van der Waals surface area contributed by atoms with Gasteiger partial charge in [-0.15, -0.1) is 0 Å². The van der Waals surface area contributed by atoms with Gasteiger partial charge in [-0.2, -0.15) is 0 Å². The van der Waals surface area contributed by atoms with Crippen LogP contribution in [0.4, 0.5) is 0 Å². The molecule has 0 aromatic heterocycles. The van der Waals surface area contributed by atoms with Crippen LogP contribution in [0.5, 0.6) is 0 Å². The number of ketones is 1. The maximum atomic E-state index is 11.4. The van der Waals surface area contributed by atoms with Gasteiger partial charge in [0, 0.05) is 13.5 Å². The van der Waals surface area contributed by atoms with Gasteiger partial charge in [0.05, 0.1) is 18.5 Å². The van der Waals surface area contributed by atoms with Crippen LogP contribution in [0.25, 0.3) is 0 Å². The molecule has 1 rings (SSSR count). The summed E-state index contributed by atoms with van der Waals surface area (Å²) >= 11 is 3.08. The number of alkyl halides is 1. The predicted molar refractivity (Wildman–Crippen MR) is 50.8 cm³/mol. The number of hydrogen-bond donors (Lipinski definition) is 0. The van der Waals surface area contributed by atoms with Crippen LogP contribution in [-0.4, -0.2) is 47.7 Å². The van der Waals surface area contributed by atoms with Crippen molar-refractivity contribution in [3.8, 4) is 0 Å². The monoisotopic (exact) mass is 249 g/mol. The SMILES string of the molecule is CC(=O)N1CCOCC1C(=O)CBr. The quantitative estimate of drug-likeness (QED) is 0.657. The number of halogens is 1. The van der Waals surface area contributed by atoms with Crippen LogP contribution in [-0.2, 0) is 14.3 Å². The van der Waals surface area contributed by atoms with Crippen LogP contribution < -0.4 is 0 Å². The van der Waals surface area contributed by atoms with E-state index in [0.29, 0.717) is 19.8 Å². The Morgan fingerprint density at radius 2 is 2.31 bits per heavy atom. The van der Waals surface area contributed by atoms with E-state index in [1.165, 1.54) is 6.92 Å². The Morgan fingerprint density at radius 1 is 1.62 bits per heavy atom. The van der Waals surface area contributed by atoms with Crippen LogP contribution in [0.1, 0.15) is 6.92 Å². The van der Waals surface area contributed by atoms with Crippen molar-refractivity contribution in [2.45, 2.75) is 13.0 Å². The van der Waals surface area contributed by atoms with Gasteiger partial charge in [-0.25, -0.2) is 0 Å². The smallest absolute Gasteiger partial charge is 0.220 e. The van der Waals surface area contributed by atoms with Gasteiger partial charge < -0.3 is 9.64 Å². The van der Waals surface area contributed by atoms with Crippen molar-refractivity contribution in [2.24, 2.45) is 0 Å². The number of morpholine rings is 1. The fraction of sp³-hybridized carbons (Fsp3) is 0.750. The second-order valence-electron chi connectivity index (χ2n) is 2.90. The van der Waals surface area contributed by atoms with Gasteiger partial charge in [0.25, 0.3) is 0 Å². The minimum absolute atomic E-state index is 0.00472. The molecule has 5 heteroatoms. The molecule has 1 heterocycles. The molecular weight excluding hydrogens is 238 g/mol. The highest BCUT2D eigenvalue weighted by Gasteiger charge is 2.29. The van der Waals surface area contributed by atoms with E-state index in [1.54, 1.807) is 4.90 Å². The fourth-order valence-electron chi connectivity index (χ4n) is 1.34. The van der Waals surface area contributed by atoms with Crippen molar-refractivity contribution >= 4 is 27.6 Å². The molecule has 74 valence electrons. The van der Waals surface area contributed by atoms with Gasteiger partial charge in [0.2, 0.25) is 5.91 Å². The van der Waals surface area contributed by atoms with Gasteiger partial charge >= 0.3 is 0 Å². The summed E-state index contributed by atoms with van der Waals surface area (Å²) in [5, 5.41) is 0.269. The maximum Gasteiger partial charge on any atom is 0.220 e. The molecule has 0 N–H and O–H groups in total. The van der Waals surface area contributed by atoms with E-state index in [4.69, 9.17) is 4.74 Å². The number of amides is 1. The Labute approximate surface area is 85.4 Å². The largest absolute Gasteiger partial charge is 0.377 e. The fourth-order valence-corrected chi connectivity index (χ4v) is 1.71. The van der Waals surface area contributed by atoms with E-state index in [1.807, 2.05) is 0 Å². The molecule has 1 amide bonds. The third-order valence-electron chi connectivity index (χ3n) is 2.04. The third kappa shape index (κ3) is 2.51. The van der Waals surface area contributed by atoms with Crippen molar-refractivity contribution < 1.29 is 14.3 Å². The van der Waals surface area contributed by atoms with Crippen LogP contribution in [0.15, 0.2) is 0 Å². The molecule has 4 nitrogen and oxygen atoms in total. The average Bonchev–Trinajstić information content (AvgIpc) is 2.16. The lowest BCUT2D eigenvalue weighted by Crippen LogP contribution is -2.52. The lowest BCUT2D eigenvalue weighted by molar-refractivity contribution is -0.144. The molecule has 1 aliphatic heterocycles. The number of carbonyl (C=O) groups is 2. The molecule has 13 heavy (non-hydrogen) atoms. The normalized spacial score (nSPS) is 22.9. The predicted octanol–water partition coefficient (Wildman–Crippen LogP) is 0.198. The molecule has 0 bridgehead atoms. The van der Waals surface area contributed by atoms with Crippen LogP contribution in [0.3, 0.4) is 0 Å². The van der Waals surface area contributed by atoms with Crippen LogP contribution in [0.2, 0.25) is 0 Å². The zero-order valence-electron chi connectivity index (χ0n) is 7.46. The Kier molecular flexibility index (Phi) is 3.87. The molecule has 0 aromatic carbocycles. The molecule has 1 saturated heterocycles. The van der Waals surface area contributed by atoms with Gasteiger partial charge in [-0.1, -0.05) is 15.9 Å². The first kappa shape index (κ1) is 10.7. The Hall–Kier alpha value is -0.420. The van der Waals surface area contributed by atoms with Gasteiger partial charge in [-0.3, -0.25) is 9.59 Å². The Balaban J connectivity index is 2.67.